The first-order chi connectivity index (χ1) is 11.9. The van der Waals surface area contributed by atoms with Crippen molar-refractivity contribution in [2.45, 2.75) is 25.9 Å². The van der Waals surface area contributed by atoms with Crippen LogP contribution in [0.4, 0.5) is 5.69 Å². The first-order valence-corrected chi connectivity index (χ1v) is 7.61. The number of carbonyl (C=O) groups excluding carboxylic acids is 3. The van der Waals surface area contributed by atoms with E-state index in [9.17, 15) is 19.5 Å². The molecule has 1 unspecified atom stereocenters. The third kappa shape index (κ3) is 3.13. The van der Waals surface area contributed by atoms with Gasteiger partial charge in [0.05, 0.1) is 30.0 Å². The normalized spacial score (nSPS) is 17.4. The molecule has 2 heterocycles. The summed E-state index contributed by atoms with van der Waals surface area (Å²) in [6, 6.07) is 5.52. The minimum absolute atomic E-state index is 0.0174. The van der Waals surface area contributed by atoms with Gasteiger partial charge in [0.1, 0.15) is 0 Å². The number of aryl methyl sites for hydroxylation is 1. The van der Waals surface area contributed by atoms with Gasteiger partial charge in [0.15, 0.2) is 18.8 Å². The van der Waals surface area contributed by atoms with Crippen LogP contribution in [0.1, 0.15) is 29.4 Å². The summed E-state index contributed by atoms with van der Waals surface area (Å²) in [7, 11) is 1.55. The Hall–Kier alpha value is -3.07. The van der Waals surface area contributed by atoms with Crippen LogP contribution in [0, 0.1) is 0 Å². The average Bonchev–Trinajstić information content (AvgIpc) is 3.04. The van der Waals surface area contributed by atoms with Crippen LogP contribution in [-0.4, -0.2) is 28.9 Å². The lowest BCUT2D eigenvalue weighted by molar-refractivity contribution is -0.746. The van der Waals surface area contributed by atoms with E-state index in [2.05, 4.69) is 15.1 Å². The van der Waals surface area contributed by atoms with Gasteiger partial charge in [-0.2, -0.15) is 0 Å². The molecular formula is C16H16N4O5. The van der Waals surface area contributed by atoms with Crippen molar-refractivity contribution in [3.63, 3.8) is 0 Å². The zero-order chi connectivity index (χ0) is 18.1. The number of aromatic nitrogens is 2. The highest BCUT2D eigenvalue weighted by Crippen LogP contribution is 2.23. The molecule has 1 fully saturated rings. The monoisotopic (exact) mass is 344 g/mol. The quantitative estimate of drug-likeness (QED) is 0.428. The van der Waals surface area contributed by atoms with Crippen LogP contribution in [0.2, 0.25) is 0 Å². The highest BCUT2D eigenvalue weighted by atomic mass is 16.6. The second-order valence-electron chi connectivity index (χ2n) is 5.74. The second-order valence-corrected chi connectivity index (χ2v) is 5.74. The van der Waals surface area contributed by atoms with Crippen molar-refractivity contribution in [3.8, 4) is 5.95 Å². The first kappa shape index (κ1) is 16.8. The van der Waals surface area contributed by atoms with E-state index >= 15 is 0 Å². The fourth-order valence-corrected chi connectivity index (χ4v) is 2.65. The number of nitrogens with one attached hydrogen (secondary N) is 1. The summed E-state index contributed by atoms with van der Waals surface area (Å²) < 4.78 is 5.78. The highest BCUT2D eigenvalue weighted by molar-refractivity contribution is 6.22. The Morgan fingerprint density at radius 3 is 2.64 bits per heavy atom. The Balaban J connectivity index is 1.72. The molecule has 1 aliphatic heterocycles. The Morgan fingerprint density at radius 1 is 1.40 bits per heavy atom. The molecule has 0 spiro atoms. The number of hydrogen-bond acceptors (Lipinski definition) is 7. The fourth-order valence-electron chi connectivity index (χ4n) is 2.65. The maximum Gasteiger partial charge on any atom is 0.251 e. The Labute approximate surface area is 142 Å². The van der Waals surface area contributed by atoms with Gasteiger partial charge in [-0.05, 0) is 31.2 Å². The van der Waals surface area contributed by atoms with Crippen LogP contribution < -0.4 is 20.0 Å². The lowest BCUT2D eigenvalue weighted by Gasteiger charge is -2.15. The van der Waals surface area contributed by atoms with Crippen LogP contribution in [0.5, 0.6) is 5.95 Å². The predicted molar refractivity (Wildman–Crippen MR) is 81.3 cm³/mol. The molecule has 9 nitrogen and oxygen atoms in total. The average molecular weight is 344 g/mol. The standard InChI is InChI=1S/C16H16N4O5/c1-9(21)10-3-5-11(6-4-10)20-14(22)7-12(15(20)23)17-8-13-16(24)25-18-19(13)2/h3-6,12,17H,7-8H2,1-2H3. The summed E-state index contributed by atoms with van der Waals surface area (Å²) in [5.41, 5.74) is 1.16. The predicted octanol–water partition coefficient (Wildman–Crippen LogP) is -0.803. The number of imide groups is 1. The minimum atomic E-state index is -0.741. The van der Waals surface area contributed by atoms with Gasteiger partial charge in [0.25, 0.3) is 5.91 Å². The highest BCUT2D eigenvalue weighted by Gasteiger charge is 2.39. The van der Waals surface area contributed by atoms with Crippen molar-refractivity contribution in [1.29, 1.82) is 0 Å². The molecule has 0 radical (unpaired) electrons. The van der Waals surface area contributed by atoms with E-state index in [1.807, 2.05) is 0 Å². The molecule has 9 heteroatoms. The zero-order valence-electron chi connectivity index (χ0n) is 13.7. The zero-order valence-corrected chi connectivity index (χ0v) is 13.7. The van der Waals surface area contributed by atoms with Gasteiger partial charge in [-0.1, -0.05) is 4.68 Å². The van der Waals surface area contributed by atoms with Crippen molar-refractivity contribution >= 4 is 23.3 Å². The van der Waals surface area contributed by atoms with Gasteiger partial charge in [-0.3, -0.25) is 19.7 Å². The number of ketones is 1. The number of anilines is 1. The maximum absolute atomic E-state index is 12.5. The van der Waals surface area contributed by atoms with Crippen LogP contribution >= 0.6 is 0 Å². The van der Waals surface area contributed by atoms with Crippen LogP contribution in [-0.2, 0) is 23.2 Å². The number of benzene rings is 1. The van der Waals surface area contributed by atoms with Gasteiger partial charge in [0.2, 0.25) is 11.6 Å². The van der Waals surface area contributed by atoms with Gasteiger partial charge >= 0.3 is 0 Å². The number of hydrogen-bond donors (Lipinski definition) is 1. The maximum atomic E-state index is 12.5. The number of nitrogens with zero attached hydrogens (tertiary/aromatic N) is 3. The van der Waals surface area contributed by atoms with E-state index in [1.165, 1.54) is 11.6 Å². The largest absolute Gasteiger partial charge is 0.539 e. The van der Waals surface area contributed by atoms with Gasteiger partial charge in [0, 0.05) is 5.56 Å². The van der Waals surface area contributed by atoms with Crippen molar-refractivity contribution in [1.82, 2.24) is 10.6 Å². The lowest BCUT2D eigenvalue weighted by Crippen LogP contribution is -2.42. The van der Waals surface area contributed by atoms with Crippen molar-refractivity contribution in [3.05, 3.63) is 35.5 Å². The molecule has 1 aromatic carbocycles. The molecule has 25 heavy (non-hydrogen) atoms. The van der Waals surface area contributed by atoms with E-state index in [0.29, 0.717) is 11.3 Å². The van der Waals surface area contributed by atoms with Gasteiger partial charge in [-0.15, -0.1) is 0 Å². The molecule has 0 saturated carbocycles. The summed E-state index contributed by atoms with van der Waals surface area (Å²) in [4.78, 5) is 37.1. The molecule has 0 bridgehead atoms. The molecule has 1 aromatic heterocycles. The molecule has 2 amide bonds. The third-order valence-corrected chi connectivity index (χ3v) is 4.07. The molecule has 1 saturated heterocycles. The van der Waals surface area contributed by atoms with Crippen LogP contribution in [0.25, 0.3) is 0 Å². The van der Waals surface area contributed by atoms with Crippen molar-refractivity contribution in [2.75, 3.05) is 4.90 Å². The van der Waals surface area contributed by atoms with Crippen molar-refractivity contribution in [2.24, 2.45) is 7.05 Å². The SMILES string of the molecule is CC(=O)c1ccc(N2C(=O)CC(NCc3c([O-])on[n+]3C)C2=O)cc1. The Bertz CT molecular complexity index is 823. The van der Waals surface area contributed by atoms with E-state index < -0.39 is 17.9 Å². The molecule has 1 N–H and O–H groups in total. The van der Waals surface area contributed by atoms with E-state index in [1.54, 1.807) is 31.3 Å². The number of carbonyl (C=O) groups is 3. The molecule has 0 aliphatic carbocycles. The number of amides is 2. The Morgan fingerprint density at radius 2 is 2.08 bits per heavy atom. The molecule has 130 valence electrons. The van der Waals surface area contributed by atoms with Gasteiger partial charge in [-0.25, -0.2) is 4.90 Å². The van der Waals surface area contributed by atoms with E-state index in [0.717, 1.165) is 4.90 Å². The minimum Gasteiger partial charge on any atom is -0.539 e. The van der Waals surface area contributed by atoms with Crippen LogP contribution in [0.15, 0.2) is 28.8 Å². The molecule has 1 atom stereocenters. The summed E-state index contributed by atoms with van der Waals surface area (Å²) >= 11 is 0. The second kappa shape index (κ2) is 6.44. The van der Waals surface area contributed by atoms with Gasteiger partial charge < -0.3 is 9.63 Å². The summed E-state index contributed by atoms with van der Waals surface area (Å²) in [6.45, 7) is 1.50. The molecule has 1 aliphatic rings. The smallest absolute Gasteiger partial charge is 0.251 e. The first-order valence-electron chi connectivity index (χ1n) is 7.61. The summed E-state index contributed by atoms with van der Waals surface area (Å²) in [5.74, 6) is -1.45. The summed E-state index contributed by atoms with van der Waals surface area (Å²) in [5, 5.41) is 17.9. The number of Topliss-reactive ketones (excluding diaryl/α,β-unsaturated/α-hetero) is 1. The number of rotatable bonds is 5. The summed E-state index contributed by atoms with van der Waals surface area (Å²) in [6.07, 6.45) is -0.0174. The molecule has 2 aromatic rings. The van der Waals surface area contributed by atoms with E-state index in [4.69, 9.17) is 0 Å². The topological polar surface area (TPSA) is 119 Å². The molecular weight excluding hydrogens is 328 g/mol. The lowest BCUT2D eigenvalue weighted by atomic mass is 10.1. The molecule has 3 rings (SSSR count). The van der Waals surface area contributed by atoms with E-state index in [-0.39, 0.29) is 30.3 Å². The Kier molecular flexibility index (Phi) is 4.32. The fraction of sp³-hybridized carbons (Fsp3) is 0.312. The third-order valence-electron chi connectivity index (χ3n) is 4.07. The van der Waals surface area contributed by atoms with Crippen LogP contribution in [0.3, 0.4) is 0 Å². The van der Waals surface area contributed by atoms with Crippen molar-refractivity contribution < 1.29 is 28.7 Å².